The van der Waals surface area contributed by atoms with Crippen molar-refractivity contribution < 1.29 is 19.1 Å². The Bertz CT molecular complexity index is 508. The van der Waals surface area contributed by atoms with Crippen molar-refractivity contribution in [2.24, 2.45) is 11.8 Å². The van der Waals surface area contributed by atoms with Crippen LogP contribution in [0.15, 0.2) is 24.3 Å². The summed E-state index contributed by atoms with van der Waals surface area (Å²) in [5.74, 6) is 0.610. The van der Waals surface area contributed by atoms with Gasteiger partial charge in [-0.1, -0.05) is 52.2 Å². The van der Waals surface area contributed by atoms with Crippen LogP contribution in [-0.2, 0) is 9.53 Å². The van der Waals surface area contributed by atoms with Crippen LogP contribution in [0.25, 0.3) is 0 Å². The minimum absolute atomic E-state index is 0.245. The highest BCUT2D eigenvalue weighted by Crippen LogP contribution is 2.20. The Morgan fingerprint density at radius 2 is 1.74 bits per heavy atom. The molecule has 0 saturated carbocycles. The van der Waals surface area contributed by atoms with Crippen molar-refractivity contribution in [3.63, 3.8) is 0 Å². The van der Waals surface area contributed by atoms with Crippen LogP contribution in [0.1, 0.15) is 63.7 Å². The van der Waals surface area contributed by atoms with Gasteiger partial charge in [-0.25, -0.2) is 4.79 Å². The zero-order chi connectivity index (χ0) is 17.2. The van der Waals surface area contributed by atoms with Crippen molar-refractivity contribution in [1.29, 1.82) is 0 Å². The van der Waals surface area contributed by atoms with E-state index in [-0.39, 0.29) is 11.3 Å². The molecule has 1 atom stereocenters. The Kier molecular flexibility index (Phi) is 8.38. The lowest BCUT2D eigenvalue weighted by molar-refractivity contribution is -0.131. The predicted octanol–water partition coefficient (Wildman–Crippen LogP) is 4.62. The summed E-state index contributed by atoms with van der Waals surface area (Å²) in [4.78, 5) is 23.2. The predicted molar refractivity (Wildman–Crippen MR) is 90.5 cm³/mol. The summed E-state index contributed by atoms with van der Waals surface area (Å²) in [7, 11) is 0. The van der Waals surface area contributed by atoms with Crippen LogP contribution < -0.4 is 4.74 Å². The van der Waals surface area contributed by atoms with E-state index in [4.69, 9.17) is 9.47 Å². The molecule has 0 saturated heterocycles. The average molecular weight is 320 g/mol. The molecule has 4 nitrogen and oxygen atoms in total. The molecule has 0 radical (unpaired) electrons. The van der Waals surface area contributed by atoms with E-state index in [0.717, 1.165) is 18.8 Å². The van der Waals surface area contributed by atoms with E-state index in [1.54, 1.807) is 24.3 Å². The van der Waals surface area contributed by atoms with Crippen LogP contribution in [-0.4, -0.2) is 18.5 Å². The maximum Gasteiger partial charge on any atom is 0.341 e. The van der Waals surface area contributed by atoms with Crippen LogP contribution in [0.4, 0.5) is 0 Å². The Hall–Kier alpha value is -1.84. The monoisotopic (exact) mass is 320 g/mol. The number of rotatable bonds is 9. The number of hydrogen-bond donors (Lipinski definition) is 0. The molecular weight excluding hydrogens is 292 g/mol. The Labute approximate surface area is 139 Å². The zero-order valence-electron chi connectivity index (χ0n) is 14.6. The molecule has 0 fully saturated rings. The van der Waals surface area contributed by atoms with E-state index < -0.39 is 11.9 Å². The molecule has 0 amide bonds. The van der Waals surface area contributed by atoms with Gasteiger partial charge < -0.3 is 9.47 Å². The summed E-state index contributed by atoms with van der Waals surface area (Å²) in [6.45, 7) is 8.33. The Morgan fingerprint density at radius 3 is 2.39 bits per heavy atom. The van der Waals surface area contributed by atoms with Gasteiger partial charge in [0.05, 0.1) is 6.61 Å². The lowest BCUT2D eigenvalue weighted by Gasteiger charge is -2.13. The summed E-state index contributed by atoms with van der Waals surface area (Å²) in [6.07, 6.45) is 4.45. The number of para-hydroxylation sites is 1. The number of hydrogen-bond acceptors (Lipinski definition) is 4. The van der Waals surface area contributed by atoms with Gasteiger partial charge in [-0.05, 0) is 30.4 Å². The van der Waals surface area contributed by atoms with E-state index in [1.165, 1.54) is 19.8 Å². The molecule has 0 heterocycles. The van der Waals surface area contributed by atoms with Gasteiger partial charge >= 0.3 is 11.9 Å². The largest absolute Gasteiger partial charge is 0.462 e. The molecule has 1 aromatic rings. The average Bonchev–Trinajstić information content (AvgIpc) is 2.46. The normalized spacial score (nSPS) is 12.0. The van der Waals surface area contributed by atoms with Gasteiger partial charge in [0.15, 0.2) is 0 Å². The number of carbonyl (C=O) groups is 2. The third kappa shape index (κ3) is 7.82. The molecule has 0 aliphatic carbocycles. The van der Waals surface area contributed by atoms with Gasteiger partial charge in [0.2, 0.25) is 0 Å². The van der Waals surface area contributed by atoms with Crippen LogP contribution in [0, 0.1) is 11.8 Å². The minimum Gasteiger partial charge on any atom is -0.462 e. The van der Waals surface area contributed by atoms with Crippen LogP contribution in [0.2, 0.25) is 0 Å². The standard InChI is InChI=1S/C19H28O4/c1-14(2)8-7-9-15(3)12-13-22-19(21)17-10-5-6-11-18(17)23-16(4)20/h5-6,10-11,14-15H,7-9,12-13H2,1-4H3. The summed E-state index contributed by atoms with van der Waals surface area (Å²) in [5, 5.41) is 0. The fraction of sp³-hybridized carbons (Fsp3) is 0.579. The van der Waals surface area contributed by atoms with Crippen LogP contribution in [0.3, 0.4) is 0 Å². The van der Waals surface area contributed by atoms with Gasteiger partial charge in [0.25, 0.3) is 0 Å². The smallest absolute Gasteiger partial charge is 0.341 e. The number of benzene rings is 1. The third-order valence-electron chi connectivity index (χ3n) is 3.68. The van der Waals surface area contributed by atoms with Gasteiger partial charge in [-0.2, -0.15) is 0 Å². The summed E-state index contributed by atoms with van der Waals surface area (Å²) in [5.41, 5.74) is 0.287. The summed E-state index contributed by atoms with van der Waals surface area (Å²) < 4.78 is 10.3. The molecular formula is C19H28O4. The lowest BCUT2D eigenvalue weighted by Crippen LogP contribution is -2.12. The Balaban J connectivity index is 2.41. The van der Waals surface area contributed by atoms with Gasteiger partial charge in [-0.15, -0.1) is 0 Å². The first-order valence-electron chi connectivity index (χ1n) is 8.34. The molecule has 23 heavy (non-hydrogen) atoms. The molecule has 0 aliphatic rings. The number of esters is 2. The van der Waals surface area contributed by atoms with E-state index >= 15 is 0 Å². The van der Waals surface area contributed by atoms with E-state index in [2.05, 4.69) is 20.8 Å². The van der Waals surface area contributed by atoms with Gasteiger partial charge in [-0.3, -0.25) is 4.79 Å². The SMILES string of the molecule is CC(=O)Oc1ccccc1C(=O)OCCC(C)CCCC(C)C. The van der Waals surface area contributed by atoms with Crippen molar-refractivity contribution in [2.75, 3.05) is 6.61 Å². The van der Waals surface area contributed by atoms with Gasteiger partial charge in [0, 0.05) is 6.92 Å². The molecule has 4 heteroatoms. The summed E-state index contributed by atoms with van der Waals surface area (Å²) in [6, 6.07) is 6.63. The fourth-order valence-corrected chi connectivity index (χ4v) is 2.33. The zero-order valence-corrected chi connectivity index (χ0v) is 14.6. The Morgan fingerprint density at radius 1 is 1.04 bits per heavy atom. The summed E-state index contributed by atoms with van der Waals surface area (Å²) >= 11 is 0. The van der Waals surface area contributed by atoms with Crippen molar-refractivity contribution in [3.8, 4) is 5.75 Å². The first-order chi connectivity index (χ1) is 10.9. The second-order valence-electron chi connectivity index (χ2n) is 6.44. The first-order valence-corrected chi connectivity index (χ1v) is 8.34. The van der Waals surface area contributed by atoms with Gasteiger partial charge in [0.1, 0.15) is 11.3 Å². The second-order valence-corrected chi connectivity index (χ2v) is 6.44. The molecule has 0 bridgehead atoms. The number of ether oxygens (including phenoxy) is 2. The molecule has 0 aromatic heterocycles. The first kappa shape index (κ1) is 19.2. The molecule has 1 aromatic carbocycles. The highest BCUT2D eigenvalue weighted by atomic mass is 16.5. The van der Waals surface area contributed by atoms with E-state index in [1.807, 2.05) is 0 Å². The molecule has 0 spiro atoms. The highest BCUT2D eigenvalue weighted by molar-refractivity contribution is 5.93. The molecule has 128 valence electrons. The second kappa shape index (κ2) is 10.0. The molecule has 0 aliphatic heterocycles. The van der Waals surface area contributed by atoms with Crippen molar-refractivity contribution in [1.82, 2.24) is 0 Å². The van der Waals surface area contributed by atoms with Crippen LogP contribution in [0.5, 0.6) is 5.75 Å². The van der Waals surface area contributed by atoms with Crippen molar-refractivity contribution in [2.45, 2.75) is 53.4 Å². The van der Waals surface area contributed by atoms with Crippen molar-refractivity contribution >= 4 is 11.9 Å². The maximum atomic E-state index is 12.1. The molecule has 0 N–H and O–H groups in total. The van der Waals surface area contributed by atoms with E-state index in [0.29, 0.717) is 12.5 Å². The lowest BCUT2D eigenvalue weighted by atomic mass is 9.98. The maximum absolute atomic E-state index is 12.1. The third-order valence-corrected chi connectivity index (χ3v) is 3.68. The van der Waals surface area contributed by atoms with Crippen molar-refractivity contribution in [3.05, 3.63) is 29.8 Å². The van der Waals surface area contributed by atoms with Crippen LogP contribution >= 0.6 is 0 Å². The fourth-order valence-electron chi connectivity index (χ4n) is 2.33. The molecule has 1 rings (SSSR count). The highest BCUT2D eigenvalue weighted by Gasteiger charge is 2.15. The molecule has 1 unspecified atom stereocenters. The number of carbonyl (C=O) groups excluding carboxylic acids is 2. The minimum atomic E-state index is -0.455. The quantitative estimate of drug-likeness (QED) is 0.492. The topological polar surface area (TPSA) is 52.6 Å². The van der Waals surface area contributed by atoms with E-state index in [9.17, 15) is 9.59 Å².